The van der Waals surface area contributed by atoms with Crippen LogP contribution < -0.4 is 0 Å². The first-order valence-corrected chi connectivity index (χ1v) is 8.66. The second-order valence-corrected chi connectivity index (χ2v) is 7.06. The molecule has 0 saturated carbocycles. The van der Waals surface area contributed by atoms with Crippen LogP contribution in [0.5, 0.6) is 0 Å². The van der Waals surface area contributed by atoms with E-state index in [2.05, 4.69) is 13.8 Å². The molecule has 0 aromatic heterocycles. The summed E-state index contributed by atoms with van der Waals surface area (Å²) in [5.74, 6) is 0. The van der Waals surface area contributed by atoms with Crippen LogP contribution in [0.3, 0.4) is 0 Å². The largest absolute Gasteiger partial charge is 0.501 e. The van der Waals surface area contributed by atoms with Crippen LogP contribution in [0.2, 0.25) is 6.04 Å². The van der Waals surface area contributed by atoms with Gasteiger partial charge in [-0.05, 0) is 33.6 Å². The van der Waals surface area contributed by atoms with Gasteiger partial charge in [-0.25, -0.2) is 0 Å². The smallest absolute Gasteiger partial charge is 0.374 e. The van der Waals surface area contributed by atoms with E-state index < -0.39 is 8.80 Å². The predicted octanol–water partition coefficient (Wildman–Crippen LogP) is 2.60. The Balaban J connectivity index is 2.54. The van der Waals surface area contributed by atoms with Gasteiger partial charge in [-0.3, -0.25) is 0 Å². The summed E-state index contributed by atoms with van der Waals surface area (Å²) in [4.78, 5) is 0. The Morgan fingerprint density at radius 3 is 2.24 bits per heavy atom. The molecule has 2 unspecified atom stereocenters. The van der Waals surface area contributed by atoms with Crippen LogP contribution in [-0.2, 0) is 18.0 Å². The zero-order valence-electron chi connectivity index (χ0n) is 11.5. The standard InChI is InChI=1S/C12H26O4Si/c1-5-11(4)16-17(14-6-2,15-7-3)9-8-12-10-13-12/h11-12H,5-10H2,1-4H3. The van der Waals surface area contributed by atoms with Crippen LogP contribution in [0.25, 0.3) is 0 Å². The SMILES string of the molecule is CCO[Si](CCC1CO1)(OCC)OC(C)CC. The van der Waals surface area contributed by atoms with Gasteiger partial charge in [0.05, 0.1) is 12.7 Å². The van der Waals surface area contributed by atoms with Crippen LogP contribution >= 0.6 is 0 Å². The van der Waals surface area contributed by atoms with Crippen molar-refractivity contribution in [2.75, 3.05) is 19.8 Å². The second-order valence-electron chi connectivity index (χ2n) is 4.38. The van der Waals surface area contributed by atoms with Crippen LogP contribution in [0.15, 0.2) is 0 Å². The van der Waals surface area contributed by atoms with Crippen molar-refractivity contribution in [1.29, 1.82) is 0 Å². The van der Waals surface area contributed by atoms with Crippen LogP contribution in [0.4, 0.5) is 0 Å². The molecule has 0 spiro atoms. The Labute approximate surface area is 106 Å². The van der Waals surface area contributed by atoms with Crippen molar-refractivity contribution in [2.45, 2.75) is 58.8 Å². The molecule has 0 amide bonds. The lowest BCUT2D eigenvalue weighted by Gasteiger charge is -2.31. The molecule has 1 heterocycles. The first-order valence-electron chi connectivity index (χ1n) is 6.73. The monoisotopic (exact) mass is 262 g/mol. The minimum absolute atomic E-state index is 0.194. The Hall–Kier alpha value is 0.0569. The van der Waals surface area contributed by atoms with Crippen molar-refractivity contribution in [3.8, 4) is 0 Å². The van der Waals surface area contributed by atoms with Gasteiger partial charge in [0.15, 0.2) is 0 Å². The van der Waals surface area contributed by atoms with Crippen molar-refractivity contribution in [3.05, 3.63) is 0 Å². The van der Waals surface area contributed by atoms with E-state index >= 15 is 0 Å². The molecule has 1 saturated heterocycles. The van der Waals surface area contributed by atoms with Gasteiger partial charge in [0.1, 0.15) is 0 Å². The van der Waals surface area contributed by atoms with Gasteiger partial charge < -0.3 is 18.0 Å². The van der Waals surface area contributed by atoms with E-state index in [1.807, 2.05) is 13.8 Å². The molecule has 0 radical (unpaired) electrons. The summed E-state index contributed by atoms with van der Waals surface area (Å²) in [6, 6.07) is 0.865. The fraction of sp³-hybridized carbons (Fsp3) is 1.00. The number of hydrogen-bond acceptors (Lipinski definition) is 4. The Kier molecular flexibility index (Phi) is 6.65. The van der Waals surface area contributed by atoms with Gasteiger partial charge >= 0.3 is 8.80 Å². The highest BCUT2D eigenvalue weighted by atomic mass is 28.4. The van der Waals surface area contributed by atoms with Gasteiger partial charge in [0.2, 0.25) is 0 Å². The zero-order valence-corrected chi connectivity index (χ0v) is 12.5. The van der Waals surface area contributed by atoms with Gasteiger partial charge in [0, 0.05) is 25.4 Å². The van der Waals surface area contributed by atoms with Crippen molar-refractivity contribution in [1.82, 2.24) is 0 Å². The predicted molar refractivity (Wildman–Crippen MR) is 69.0 cm³/mol. The average molecular weight is 262 g/mol. The van der Waals surface area contributed by atoms with E-state index in [1.54, 1.807) is 0 Å². The van der Waals surface area contributed by atoms with E-state index in [0.29, 0.717) is 19.3 Å². The third-order valence-corrected chi connectivity index (χ3v) is 5.98. The van der Waals surface area contributed by atoms with Crippen molar-refractivity contribution < 1.29 is 18.0 Å². The number of rotatable bonds is 10. The summed E-state index contributed by atoms with van der Waals surface area (Å²) in [6.45, 7) is 10.4. The molecule has 5 heteroatoms. The van der Waals surface area contributed by atoms with Crippen molar-refractivity contribution in [3.63, 3.8) is 0 Å². The molecule has 102 valence electrons. The third kappa shape index (κ3) is 5.48. The molecule has 4 nitrogen and oxygen atoms in total. The summed E-state index contributed by atoms with van der Waals surface area (Å²) in [6.07, 6.45) is 2.57. The molecule has 0 aliphatic carbocycles. The maximum Gasteiger partial charge on any atom is 0.501 e. The molecule has 1 aliphatic heterocycles. The van der Waals surface area contributed by atoms with E-state index in [9.17, 15) is 0 Å². The molecular formula is C12H26O4Si. The fourth-order valence-electron chi connectivity index (χ4n) is 1.72. The molecule has 17 heavy (non-hydrogen) atoms. The summed E-state index contributed by atoms with van der Waals surface area (Å²) >= 11 is 0. The maximum atomic E-state index is 6.09. The van der Waals surface area contributed by atoms with Gasteiger partial charge in [-0.15, -0.1) is 0 Å². The topological polar surface area (TPSA) is 40.2 Å². The lowest BCUT2D eigenvalue weighted by Crippen LogP contribution is -2.48. The minimum atomic E-state index is -2.48. The second kappa shape index (κ2) is 7.48. The van der Waals surface area contributed by atoms with E-state index in [1.165, 1.54) is 0 Å². The van der Waals surface area contributed by atoms with E-state index in [4.69, 9.17) is 18.0 Å². The average Bonchev–Trinajstić information content (AvgIpc) is 3.11. The van der Waals surface area contributed by atoms with Crippen LogP contribution in [0.1, 0.15) is 40.5 Å². The Morgan fingerprint density at radius 2 is 1.82 bits per heavy atom. The molecule has 0 bridgehead atoms. The number of hydrogen-bond donors (Lipinski definition) is 0. The van der Waals surface area contributed by atoms with Crippen molar-refractivity contribution in [2.24, 2.45) is 0 Å². The lowest BCUT2D eigenvalue weighted by molar-refractivity contribution is 0.0363. The summed E-state index contributed by atoms with van der Waals surface area (Å²) in [5.41, 5.74) is 0. The van der Waals surface area contributed by atoms with Gasteiger partial charge in [-0.2, -0.15) is 0 Å². The first kappa shape index (κ1) is 15.1. The highest BCUT2D eigenvalue weighted by Crippen LogP contribution is 2.26. The summed E-state index contributed by atoms with van der Waals surface area (Å²) in [5, 5.41) is 0. The van der Waals surface area contributed by atoms with Gasteiger partial charge in [-0.1, -0.05) is 6.92 Å². The molecule has 2 atom stereocenters. The maximum absolute atomic E-state index is 6.09. The fourth-order valence-corrected chi connectivity index (χ4v) is 4.68. The molecule has 1 aliphatic rings. The zero-order chi connectivity index (χ0) is 12.7. The minimum Gasteiger partial charge on any atom is -0.374 e. The molecule has 1 fully saturated rings. The molecule has 0 N–H and O–H groups in total. The highest BCUT2D eigenvalue weighted by molar-refractivity contribution is 6.60. The van der Waals surface area contributed by atoms with Crippen LogP contribution in [0, 0.1) is 0 Å². The molecule has 0 aromatic carbocycles. The van der Waals surface area contributed by atoms with Gasteiger partial charge in [0.25, 0.3) is 0 Å². The lowest BCUT2D eigenvalue weighted by atomic mass is 10.3. The summed E-state index contributed by atoms with van der Waals surface area (Å²) in [7, 11) is -2.48. The van der Waals surface area contributed by atoms with E-state index in [-0.39, 0.29) is 6.10 Å². The molecule has 0 aromatic rings. The van der Waals surface area contributed by atoms with Crippen molar-refractivity contribution >= 4 is 8.80 Å². The Morgan fingerprint density at radius 1 is 1.24 bits per heavy atom. The number of ether oxygens (including phenoxy) is 1. The quantitative estimate of drug-likeness (QED) is 0.448. The third-order valence-electron chi connectivity index (χ3n) is 2.86. The first-order chi connectivity index (χ1) is 8.15. The molecular weight excluding hydrogens is 236 g/mol. The van der Waals surface area contributed by atoms with Crippen LogP contribution in [-0.4, -0.2) is 40.8 Å². The normalized spacial score (nSPS) is 21.5. The summed E-state index contributed by atoms with van der Waals surface area (Å²) < 4.78 is 23.1. The molecule has 1 rings (SSSR count). The van der Waals surface area contributed by atoms with E-state index in [0.717, 1.165) is 25.5 Å². The Bertz CT molecular complexity index is 203. The highest BCUT2D eigenvalue weighted by Gasteiger charge is 2.43. The number of epoxide rings is 1.